The molecule has 0 fully saturated rings. The van der Waals surface area contributed by atoms with Gasteiger partial charge in [-0.25, -0.2) is 35.1 Å². The molecule has 0 unspecified atom stereocenters. The highest BCUT2D eigenvalue weighted by molar-refractivity contribution is 5.74. The summed E-state index contributed by atoms with van der Waals surface area (Å²) in [5.74, 6) is -23.2. The maximum absolute atomic E-state index is 14.1. The lowest BCUT2D eigenvalue weighted by Gasteiger charge is -2.15. The summed E-state index contributed by atoms with van der Waals surface area (Å²) in [6, 6.07) is 0. The summed E-state index contributed by atoms with van der Waals surface area (Å²) in [7, 11) is 0. The van der Waals surface area contributed by atoms with E-state index in [4.69, 9.17) is 10.2 Å². The number of rotatable bonds is 5. The summed E-state index contributed by atoms with van der Waals surface area (Å²) < 4.78 is 112. The molecule has 0 saturated heterocycles. The van der Waals surface area contributed by atoms with Crippen LogP contribution in [-0.2, 0) is 22.4 Å². The fraction of sp³-hybridized carbons (Fsp3) is 0.125. The molecule has 0 spiro atoms. The first-order chi connectivity index (χ1) is 12.9. The van der Waals surface area contributed by atoms with Crippen molar-refractivity contribution < 1.29 is 54.9 Å². The molecule has 12 heteroatoms. The van der Waals surface area contributed by atoms with Crippen molar-refractivity contribution in [1.29, 1.82) is 0 Å². The number of carboxylic acid groups (broad SMARTS) is 2. The van der Waals surface area contributed by atoms with Gasteiger partial charge in [-0.1, -0.05) is 0 Å². The minimum absolute atomic E-state index is 1.54. The zero-order chi connectivity index (χ0) is 21.5. The van der Waals surface area contributed by atoms with Gasteiger partial charge in [0, 0.05) is 11.1 Å². The van der Waals surface area contributed by atoms with Crippen LogP contribution < -0.4 is 0 Å². The number of benzene rings is 2. The van der Waals surface area contributed by atoms with Crippen molar-refractivity contribution in [1.82, 2.24) is 0 Å². The monoisotopic (exact) mass is 414 g/mol. The molecular formula is C16H6F8O4. The van der Waals surface area contributed by atoms with E-state index in [1.807, 2.05) is 0 Å². The lowest BCUT2D eigenvalue weighted by Crippen LogP contribution is -2.14. The van der Waals surface area contributed by atoms with Crippen molar-refractivity contribution in [2.45, 2.75) is 12.8 Å². The highest BCUT2D eigenvalue weighted by Gasteiger charge is 2.34. The standard InChI is InChI=1S/C16H6F8O4/c17-9-3(1-5(25)26)10(18)14(22)7(13(9)21)8-15(23)11(19)4(2-6(27)28)12(20)16(8)24/h1-2H2,(H,25,26)(H,27,28). The number of carboxylic acids is 2. The van der Waals surface area contributed by atoms with Gasteiger partial charge in [0.1, 0.15) is 0 Å². The lowest BCUT2D eigenvalue weighted by atomic mass is 9.96. The first-order valence-electron chi connectivity index (χ1n) is 7.03. The Labute approximate surface area is 149 Å². The molecule has 2 N–H and O–H groups in total. The van der Waals surface area contributed by atoms with Gasteiger partial charge in [-0.15, -0.1) is 0 Å². The van der Waals surface area contributed by atoms with Crippen LogP contribution in [0.4, 0.5) is 35.1 Å². The molecule has 0 aliphatic heterocycles. The van der Waals surface area contributed by atoms with Gasteiger partial charge in [0.15, 0.2) is 46.5 Å². The third-order valence-electron chi connectivity index (χ3n) is 3.61. The second-order valence-electron chi connectivity index (χ2n) is 5.36. The van der Waals surface area contributed by atoms with E-state index in [9.17, 15) is 44.7 Å². The zero-order valence-corrected chi connectivity index (χ0v) is 13.1. The Bertz CT molecular complexity index is 879. The molecule has 28 heavy (non-hydrogen) atoms. The van der Waals surface area contributed by atoms with Crippen LogP contribution in [-0.4, -0.2) is 22.2 Å². The Balaban J connectivity index is 2.90. The second-order valence-corrected chi connectivity index (χ2v) is 5.36. The van der Waals surface area contributed by atoms with E-state index in [-0.39, 0.29) is 0 Å². The average molecular weight is 414 g/mol. The number of aliphatic carboxylic acids is 2. The van der Waals surface area contributed by atoms with Crippen molar-refractivity contribution in [3.05, 3.63) is 57.7 Å². The van der Waals surface area contributed by atoms with Gasteiger partial charge in [-0.2, -0.15) is 0 Å². The third-order valence-corrected chi connectivity index (χ3v) is 3.61. The number of hydrogen-bond acceptors (Lipinski definition) is 2. The van der Waals surface area contributed by atoms with Crippen molar-refractivity contribution in [2.75, 3.05) is 0 Å². The topological polar surface area (TPSA) is 74.6 Å². The lowest BCUT2D eigenvalue weighted by molar-refractivity contribution is -0.137. The summed E-state index contributed by atoms with van der Waals surface area (Å²) in [6.07, 6.45) is -3.09. The SMILES string of the molecule is O=C(O)Cc1c(F)c(F)c(-c2c(F)c(F)c(CC(=O)O)c(F)c2F)c(F)c1F. The number of hydrogen-bond donors (Lipinski definition) is 2. The van der Waals surface area contributed by atoms with Crippen molar-refractivity contribution >= 4 is 11.9 Å². The van der Waals surface area contributed by atoms with E-state index >= 15 is 0 Å². The van der Waals surface area contributed by atoms with Crippen molar-refractivity contribution in [2.24, 2.45) is 0 Å². The second kappa shape index (κ2) is 7.44. The molecule has 0 bridgehead atoms. The van der Waals surface area contributed by atoms with Crippen molar-refractivity contribution in [3.63, 3.8) is 0 Å². The van der Waals surface area contributed by atoms with Crippen LogP contribution in [0.3, 0.4) is 0 Å². The molecule has 0 aromatic heterocycles. The van der Waals surface area contributed by atoms with Crippen LogP contribution in [0, 0.1) is 46.5 Å². The predicted molar refractivity (Wildman–Crippen MR) is 74.2 cm³/mol. The molecule has 0 aliphatic rings. The van der Waals surface area contributed by atoms with Gasteiger partial charge in [-0.3, -0.25) is 9.59 Å². The first kappa shape index (κ1) is 21.1. The number of carbonyl (C=O) groups is 2. The van der Waals surface area contributed by atoms with E-state index in [2.05, 4.69) is 0 Å². The van der Waals surface area contributed by atoms with Crippen LogP contribution in [0.1, 0.15) is 11.1 Å². The van der Waals surface area contributed by atoms with Gasteiger partial charge in [0.25, 0.3) is 0 Å². The number of halogens is 8. The molecule has 0 amide bonds. The Morgan fingerprint density at radius 2 is 0.714 bits per heavy atom. The van der Waals surface area contributed by atoms with E-state index in [1.54, 1.807) is 0 Å². The Kier molecular flexibility index (Phi) is 5.62. The molecule has 0 aliphatic carbocycles. The van der Waals surface area contributed by atoms with Gasteiger partial charge in [0.05, 0.1) is 24.0 Å². The molecule has 0 heterocycles. The van der Waals surface area contributed by atoms with Gasteiger partial charge in [-0.05, 0) is 0 Å². The molecule has 4 nitrogen and oxygen atoms in total. The predicted octanol–water partition coefficient (Wildman–Crippen LogP) is 3.72. The Morgan fingerprint density at radius 1 is 0.500 bits per heavy atom. The third kappa shape index (κ3) is 3.37. The quantitative estimate of drug-likeness (QED) is 0.578. The maximum Gasteiger partial charge on any atom is 0.308 e. The van der Waals surface area contributed by atoms with Crippen LogP contribution in [0.5, 0.6) is 0 Å². The van der Waals surface area contributed by atoms with E-state index in [0.717, 1.165) is 0 Å². The van der Waals surface area contributed by atoms with E-state index < -0.39 is 93.6 Å². The van der Waals surface area contributed by atoms with Crippen LogP contribution in [0.15, 0.2) is 0 Å². The molecule has 0 atom stereocenters. The van der Waals surface area contributed by atoms with Crippen LogP contribution in [0.25, 0.3) is 11.1 Å². The molecule has 2 aromatic rings. The summed E-state index contributed by atoms with van der Waals surface area (Å²) >= 11 is 0. The normalized spacial score (nSPS) is 11.0. The Morgan fingerprint density at radius 3 is 0.893 bits per heavy atom. The fourth-order valence-electron chi connectivity index (χ4n) is 2.41. The van der Waals surface area contributed by atoms with Gasteiger partial charge >= 0.3 is 11.9 Å². The minimum atomic E-state index is -2.50. The van der Waals surface area contributed by atoms with Gasteiger partial charge in [0.2, 0.25) is 0 Å². The molecule has 0 radical (unpaired) electrons. The smallest absolute Gasteiger partial charge is 0.308 e. The van der Waals surface area contributed by atoms with E-state index in [1.165, 1.54) is 0 Å². The molecule has 2 aromatic carbocycles. The minimum Gasteiger partial charge on any atom is -0.481 e. The summed E-state index contributed by atoms with van der Waals surface area (Å²) in [5, 5.41) is 17.0. The average Bonchev–Trinajstić information content (AvgIpc) is 2.61. The zero-order valence-electron chi connectivity index (χ0n) is 13.1. The summed E-state index contributed by atoms with van der Waals surface area (Å²) in [6.45, 7) is 0. The fourth-order valence-corrected chi connectivity index (χ4v) is 2.41. The first-order valence-corrected chi connectivity index (χ1v) is 7.03. The molecule has 0 saturated carbocycles. The molecular weight excluding hydrogens is 408 g/mol. The highest BCUT2D eigenvalue weighted by atomic mass is 19.2. The molecule has 2 rings (SSSR count). The largest absolute Gasteiger partial charge is 0.481 e. The van der Waals surface area contributed by atoms with E-state index in [0.29, 0.717) is 0 Å². The van der Waals surface area contributed by atoms with Crippen LogP contribution in [0.2, 0.25) is 0 Å². The van der Waals surface area contributed by atoms with Crippen LogP contribution >= 0.6 is 0 Å². The summed E-state index contributed by atoms with van der Waals surface area (Å²) in [4.78, 5) is 21.1. The maximum atomic E-state index is 14.1. The summed E-state index contributed by atoms with van der Waals surface area (Å²) in [5.41, 5.74) is -7.59. The Hall–Kier alpha value is -3.18. The molecule has 150 valence electrons. The van der Waals surface area contributed by atoms with Crippen molar-refractivity contribution in [3.8, 4) is 11.1 Å². The highest BCUT2D eigenvalue weighted by Crippen LogP contribution is 2.38. The van der Waals surface area contributed by atoms with Gasteiger partial charge < -0.3 is 10.2 Å².